The number of methoxy groups -OCH3 is 1. The molecule has 0 spiro atoms. The van der Waals surface area contributed by atoms with Crippen molar-refractivity contribution in [1.82, 2.24) is 25.5 Å². The average molecular weight is 454 g/mol. The number of hydrogen-bond donors (Lipinski definition) is 2. The number of halogens is 2. The molecule has 33 heavy (non-hydrogen) atoms. The number of fused-ring (bicyclic) bond motifs is 2. The van der Waals surface area contributed by atoms with Crippen molar-refractivity contribution in [2.24, 2.45) is 0 Å². The second-order valence-corrected chi connectivity index (χ2v) is 8.60. The molecule has 3 atom stereocenters. The van der Waals surface area contributed by atoms with E-state index in [0.717, 1.165) is 11.1 Å². The van der Waals surface area contributed by atoms with E-state index in [9.17, 15) is 13.9 Å². The first-order valence-electron chi connectivity index (χ1n) is 10.7. The highest BCUT2D eigenvalue weighted by Gasteiger charge is 2.53. The van der Waals surface area contributed by atoms with Crippen molar-refractivity contribution in [3.63, 3.8) is 0 Å². The second-order valence-electron chi connectivity index (χ2n) is 8.60. The van der Waals surface area contributed by atoms with Crippen LogP contribution < -0.4 is 15.0 Å². The van der Waals surface area contributed by atoms with E-state index in [0.29, 0.717) is 35.8 Å². The fourth-order valence-corrected chi connectivity index (χ4v) is 4.70. The minimum Gasteiger partial charge on any atom is -0.507 e. The zero-order chi connectivity index (χ0) is 23.2. The number of alkyl halides is 2. The Morgan fingerprint density at radius 1 is 1.12 bits per heavy atom. The van der Waals surface area contributed by atoms with Crippen LogP contribution in [0.5, 0.6) is 11.6 Å². The minimum absolute atomic E-state index is 0.0339. The number of aromatic nitrogens is 4. The number of piperidine rings is 1. The third-order valence-corrected chi connectivity index (χ3v) is 6.53. The fraction of sp³-hybridized carbons (Fsp3) is 0.391. The molecule has 0 radical (unpaired) electrons. The first-order valence-corrected chi connectivity index (χ1v) is 10.7. The van der Waals surface area contributed by atoms with Crippen LogP contribution in [0.1, 0.15) is 19.3 Å². The lowest BCUT2D eigenvalue weighted by molar-refractivity contribution is -0.0128. The molecule has 4 heterocycles. The molecule has 2 aliphatic heterocycles. The monoisotopic (exact) mass is 454 g/mol. The van der Waals surface area contributed by atoms with Gasteiger partial charge in [0.05, 0.1) is 37.4 Å². The molecule has 172 valence electrons. The molecule has 2 saturated heterocycles. The van der Waals surface area contributed by atoms with Gasteiger partial charge >= 0.3 is 0 Å². The van der Waals surface area contributed by atoms with E-state index in [1.807, 2.05) is 18.0 Å². The summed E-state index contributed by atoms with van der Waals surface area (Å²) in [5, 5.41) is 21.4. The zero-order valence-electron chi connectivity index (χ0n) is 18.2. The SMILES string of the molecule is COc1cc(-c2ccc(-c3cnc(N(C)[C@H]4C[C@@H]5CC(F)(F)[C@H](C4)N5)cn3)c(O)c2)cnn1. The number of ether oxygens (including phenoxy) is 1. The maximum absolute atomic E-state index is 14.0. The van der Waals surface area contributed by atoms with Crippen LogP contribution in [-0.4, -0.2) is 63.5 Å². The van der Waals surface area contributed by atoms with E-state index in [2.05, 4.69) is 25.5 Å². The van der Waals surface area contributed by atoms with E-state index in [1.54, 1.807) is 36.8 Å². The van der Waals surface area contributed by atoms with Crippen LogP contribution >= 0.6 is 0 Å². The predicted molar refractivity (Wildman–Crippen MR) is 118 cm³/mol. The summed E-state index contributed by atoms with van der Waals surface area (Å²) >= 11 is 0. The number of hydrogen-bond acceptors (Lipinski definition) is 8. The van der Waals surface area contributed by atoms with Crippen LogP contribution in [-0.2, 0) is 0 Å². The Bertz CT molecular complexity index is 1160. The Morgan fingerprint density at radius 2 is 1.97 bits per heavy atom. The molecule has 3 aromatic rings. The van der Waals surface area contributed by atoms with Gasteiger partial charge in [0.1, 0.15) is 11.6 Å². The van der Waals surface area contributed by atoms with Gasteiger partial charge in [0.2, 0.25) is 5.88 Å². The quantitative estimate of drug-likeness (QED) is 0.607. The molecule has 2 aliphatic rings. The molecule has 10 heteroatoms. The molecule has 0 saturated carbocycles. The number of anilines is 1. The molecule has 0 amide bonds. The lowest BCUT2D eigenvalue weighted by Crippen LogP contribution is -2.49. The standard InChI is InChI=1S/C23H24F2N6O2/c1-31(16-7-15-9-23(24,25)20(8-16)29-15)21-12-26-18(11-27-21)17-4-3-13(5-19(17)32)14-6-22(33-2)30-28-10-14/h3-6,10-12,15-16,20,29,32H,7-9H2,1-2H3/t15-,16+,20+/m1/s1. The number of nitrogens with one attached hydrogen (secondary N) is 1. The molecule has 0 aliphatic carbocycles. The van der Waals surface area contributed by atoms with Crippen LogP contribution in [0.3, 0.4) is 0 Å². The van der Waals surface area contributed by atoms with Gasteiger partial charge in [-0.25, -0.2) is 13.8 Å². The smallest absolute Gasteiger partial charge is 0.264 e. The molecule has 2 aromatic heterocycles. The van der Waals surface area contributed by atoms with Gasteiger partial charge in [0.25, 0.3) is 5.92 Å². The fourth-order valence-electron chi connectivity index (χ4n) is 4.70. The number of aromatic hydroxyl groups is 1. The molecule has 8 nitrogen and oxygen atoms in total. The summed E-state index contributed by atoms with van der Waals surface area (Å²) in [6, 6.07) is 5.96. The summed E-state index contributed by atoms with van der Waals surface area (Å²) in [6.45, 7) is 0. The number of phenolic OH excluding ortho intramolecular Hbond substituents is 1. The van der Waals surface area contributed by atoms with Crippen molar-refractivity contribution in [2.45, 2.75) is 43.3 Å². The lowest BCUT2D eigenvalue weighted by atomic mass is 9.98. The van der Waals surface area contributed by atoms with Gasteiger partial charge in [-0.15, -0.1) is 5.10 Å². The third-order valence-electron chi connectivity index (χ3n) is 6.53. The van der Waals surface area contributed by atoms with E-state index < -0.39 is 12.0 Å². The Labute approximate surface area is 189 Å². The molecule has 2 bridgehead atoms. The molecule has 5 rings (SSSR count). The van der Waals surface area contributed by atoms with Gasteiger partial charge in [-0.2, -0.15) is 5.10 Å². The molecule has 0 unspecified atom stereocenters. The van der Waals surface area contributed by atoms with Gasteiger partial charge in [0, 0.05) is 42.7 Å². The molecule has 1 aromatic carbocycles. The van der Waals surface area contributed by atoms with Crippen LogP contribution in [0.25, 0.3) is 22.4 Å². The number of nitrogens with zero attached hydrogens (tertiary/aromatic N) is 5. The largest absolute Gasteiger partial charge is 0.507 e. The zero-order valence-corrected chi connectivity index (χ0v) is 18.2. The second kappa shape index (κ2) is 8.18. The van der Waals surface area contributed by atoms with Crippen molar-refractivity contribution >= 4 is 5.82 Å². The molecular formula is C23H24F2N6O2. The average Bonchev–Trinajstić information content (AvgIpc) is 3.04. The number of rotatable bonds is 5. The van der Waals surface area contributed by atoms with Crippen LogP contribution in [0.2, 0.25) is 0 Å². The van der Waals surface area contributed by atoms with Crippen LogP contribution in [0, 0.1) is 0 Å². The van der Waals surface area contributed by atoms with E-state index in [4.69, 9.17) is 4.74 Å². The maximum atomic E-state index is 14.0. The van der Waals surface area contributed by atoms with Gasteiger partial charge in [-0.1, -0.05) is 6.07 Å². The summed E-state index contributed by atoms with van der Waals surface area (Å²) in [7, 11) is 3.37. The van der Waals surface area contributed by atoms with Crippen molar-refractivity contribution in [2.75, 3.05) is 19.1 Å². The highest BCUT2D eigenvalue weighted by Crippen LogP contribution is 2.41. The molecular weight excluding hydrogens is 430 g/mol. The third kappa shape index (κ3) is 4.06. The lowest BCUT2D eigenvalue weighted by Gasteiger charge is -2.36. The Kier molecular flexibility index (Phi) is 5.32. The Morgan fingerprint density at radius 3 is 2.67 bits per heavy atom. The highest BCUT2D eigenvalue weighted by atomic mass is 19.3. The minimum atomic E-state index is -2.66. The first-order chi connectivity index (χ1) is 15.8. The highest BCUT2D eigenvalue weighted by molar-refractivity contribution is 5.74. The molecule has 2 N–H and O–H groups in total. The van der Waals surface area contributed by atoms with Gasteiger partial charge in [-0.05, 0) is 30.5 Å². The van der Waals surface area contributed by atoms with Crippen molar-refractivity contribution in [3.8, 4) is 34.0 Å². The van der Waals surface area contributed by atoms with Gasteiger partial charge in [-0.3, -0.25) is 4.98 Å². The van der Waals surface area contributed by atoms with Crippen LogP contribution in [0.4, 0.5) is 14.6 Å². The van der Waals surface area contributed by atoms with Crippen molar-refractivity contribution < 1.29 is 18.6 Å². The summed E-state index contributed by atoms with van der Waals surface area (Å²) in [5.41, 5.74) is 2.56. The Balaban J connectivity index is 1.33. The summed E-state index contributed by atoms with van der Waals surface area (Å²) in [6.07, 6.45) is 5.68. The first kappa shape index (κ1) is 21.4. The molecule has 2 fully saturated rings. The number of benzene rings is 1. The topological polar surface area (TPSA) is 96.3 Å². The van der Waals surface area contributed by atoms with Crippen molar-refractivity contribution in [3.05, 3.63) is 42.9 Å². The maximum Gasteiger partial charge on any atom is 0.264 e. The number of phenols is 1. The summed E-state index contributed by atoms with van der Waals surface area (Å²) in [5.74, 6) is -1.61. The van der Waals surface area contributed by atoms with E-state index in [1.165, 1.54) is 7.11 Å². The predicted octanol–water partition coefficient (Wildman–Crippen LogP) is 3.28. The van der Waals surface area contributed by atoms with Crippen molar-refractivity contribution in [1.29, 1.82) is 0 Å². The van der Waals surface area contributed by atoms with E-state index in [-0.39, 0.29) is 24.3 Å². The van der Waals surface area contributed by atoms with Crippen LogP contribution in [0.15, 0.2) is 42.9 Å². The summed E-state index contributed by atoms with van der Waals surface area (Å²) < 4.78 is 33.2. The van der Waals surface area contributed by atoms with Gasteiger partial charge < -0.3 is 20.1 Å². The van der Waals surface area contributed by atoms with Gasteiger partial charge in [0.15, 0.2) is 0 Å². The summed E-state index contributed by atoms with van der Waals surface area (Å²) in [4.78, 5) is 10.9. The Hall–Kier alpha value is -3.40. The van der Waals surface area contributed by atoms with E-state index >= 15 is 0 Å². The normalized spacial score (nSPS) is 23.3.